The molecule has 1 aromatic rings. The second-order valence-corrected chi connectivity index (χ2v) is 4.42. The van der Waals surface area contributed by atoms with Gasteiger partial charge in [-0.15, -0.1) is 0 Å². The van der Waals surface area contributed by atoms with Crippen LogP contribution in [0.4, 0.5) is 0 Å². The molecular weight excluding hydrogens is 236 g/mol. The Kier molecular flexibility index (Phi) is 3.96. The maximum atomic E-state index is 11.7. The highest BCUT2D eigenvalue weighted by Crippen LogP contribution is 2.19. The minimum absolute atomic E-state index is 0.0286. The third-order valence-corrected chi connectivity index (χ3v) is 2.85. The largest absolute Gasteiger partial charge is 0.459 e. The molecule has 2 rings (SSSR count). The third-order valence-electron chi connectivity index (χ3n) is 2.85. The van der Waals surface area contributed by atoms with Crippen molar-refractivity contribution >= 4 is 5.97 Å². The predicted molar refractivity (Wildman–Crippen MR) is 63.0 cm³/mol. The Morgan fingerprint density at radius 1 is 1.39 bits per heavy atom. The van der Waals surface area contributed by atoms with E-state index >= 15 is 0 Å². The Balaban J connectivity index is 1.84. The van der Waals surface area contributed by atoms with Gasteiger partial charge in [0.1, 0.15) is 12.7 Å². The van der Waals surface area contributed by atoms with Crippen LogP contribution in [0, 0.1) is 6.92 Å². The summed E-state index contributed by atoms with van der Waals surface area (Å²) >= 11 is 0. The van der Waals surface area contributed by atoms with Gasteiger partial charge in [-0.1, -0.05) is 17.7 Å². The van der Waals surface area contributed by atoms with Gasteiger partial charge in [0.25, 0.3) is 0 Å². The molecule has 1 heterocycles. The molecule has 1 aliphatic rings. The zero-order valence-corrected chi connectivity index (χ0v) is 10.1. The molecule has 5 nitrogen and oxygen atoms in total. The SMILES string of the molecule is Cc1ccc(C(=O)OC[C@@H]2C[C@@H](O)[C@@H](O)O2)cc1. The van der Waals surface area contributed by atoms with E-state index in [1.807, 2.05) is 19.1 Å². The van der Waals surface area contributed by atoms with E-state index in [2.05, 4.69) is 0 Å². The summed E-state index contributed by atoms with van der Waals surface area (Å²) in [6, 6.07) is 7.04. The normalized spacial score (nSPS) is 27.2. The molecule has 0 amide bonds. The van der Waals surface area contributed by atoms with Gasteiger partial charge in [0.2, 0.25) is 0 Å². The first-order valence-corrected chi connectivity index (χ1v) is 5.81. The Morgan fingerprint density at radius 2 is 2.06 bits per heavy atom. The van der Waals surface area contributed by atoms with Crippen LogP contribution in [-0.4, -0.2) is 41.3 Å². The van der Waals surface area contributed by atoms with Gasteiger partial charge in [0.05, 0.1) is 11.7 Å². The van der Waals surface area contributed by atoms with E-state index < -0.39 is 24.5 Å². The number of benzene rings is 1. The molecule has 1 fully saturated rings. The lowest BCUT2D eigenvalue weighted by molar-refractivity contribution is -0.133. The lowest BCUT2D eigenvalue weighted by Gasteiger charge is -2.10. The maximum absolute atomic E-state index is 11.7. The van der Waals surface area contributed by atoms with E-state index in [4.69, 9.17) is 14.6 Å². The van der Waals surface area contributed by atoms with Gasteiger partial charge < -0.3 is 19.7 Å². The van der Waals surface area contributed by atoms with Crippen molar-refractivity contribution in [2.24, 2.45) is 0 Å². The van der Waals surface area contributed by atoms with Crippen molar-refractivity contribution in [3.8, 4) is 0 Å². The first kappa shape index (κ1) is 13.0. The quantitative estimate of drug-likeness (QED) is 0.771. The van der Waals surface area contributed by atoms with Gasteiger partial charge in [-0.25, -0.2) is 4.79 Å². The van der Waals surface area contributed by atoms with Crippen molar-refractivity contribution < 1.29 is 24.5 Å². The van der Waals surface area contributed by atoms with E-state index in [0.717, 1.165) is 5.56 Å². The van der Waals surface area contributed by atoms with E-state index in [1.165, 1.54) is 0 Å². The van der Waals surface area contributed by atoms with E-state index in [-0.39, 0.29) is 13.0 Å². The molecular formula is C13H16O5. The lowest BCUT2D eigenvalue weighted by atomic mass is 10.1. The molecule has 18 heavy (non-hydrogen) atoms. The Labute approximate surface area is 105 Å². The Hall–Kier alpha value is -1.43. The minimum atomic E-state index is -1.19. The third kappa shape index (κ3) is 3.07. The van der Waals surface area contributed by atoms with Crippen molar-refractivity contribution in [1.29, 1.82) is 0 Å². The molecule has 98 valence electrons. The summed E-state index contributed by atoms with van der Waals surface area (Å²) in [5.74, 6) is -0.436. The summed E-state index contributed by atoms with van der Waals surface area (Å²) in [6.45, 7) is 1.96. The monoisotopic (exact) mass is 252 g/mol. The van der Waals surface area contributed by atoms with Crippen molar-refractivity contribution in [3.63, 3.8) is 0 Å². The number of aliphatic hydroxyl groups excluding tert-OH is 2. The predicted octanol–water partition coefficient (Wildman–Crippen LogP) is 0.620. The summed E-state index contributed by atoms with van der Waals surface area (Å²) in [7, 11) is 0. The van der Waals surface area contributed by atoms with Gasteiger partial charge in [0.15, 0.2) is 6.29 Å². The molecule has 0 radical (unpaired) electrons. The standard InChI is InChI=1S/C13H16O5/c1-8-2-4-9(5-3-8)12(15)17-7-10-6-11(14)13(16)18-10/h2-5,10-11,13-14,16H,6-7H2,1H3/t10-,11+,13-/m0/s1. The smallest absolute Gasteiger partial charge is 0.338 e. The number of rotatable bonds is 3. The van der Waals surface area contributed by atoms with Crippen molar-refractivity contribution in [3.05, 3.63) is 35.4 Å². The fourth-order valence-electron chi connectivity index (χ4n) is 1.78. The second kappa shape index (κ2) is 5.48. The molecule has 3 atom stereocenters. The molecule has 1 aliphatic heterocycles. The number of hydrogen-bond donors (Lipinski definition) is 2. The number of aryl methyl sites for hydroxylation is 1. The fourth-order valence-corrected chi connectivity index (χ4v) is 1.78. The molecule has 5 heteroatoms. The van der Waals surface area contributed by atoms with Crippen LogP contribution in [0.15, 0.2) is 24.3 Å². The van der Waals surface area contributed by atoms with Crippen LogP contribution in [0.25, 0.3) is 0 Å². The van der Waals surface area contributed by atoms with Crippen LogP contribution in [0.3, 0.4) is 0 Å². The number of carbonyl (C=O) groups excluding carboxylic acids is 1. The second-order valence-electron chi connectivity index (χ2n) is 4.42. The number of esters is 1. The van der Waals surface area contributed by atoms with Crippen LogP contribution in [-0.2, 0) is 9.47 Å². The van der Waals surface area contributed by atoms with Gasteiger partial charge in [-0.2, -0.15) is 0 Å². The molecule has 2 N–H and O–H groups in total. The fraction of sp³-hybridized carbons (Fsp3) is 0.462. The lowest BCUT2D eigenvalue weighted by Crippen LogP contribution is -2.20. The van der Waals surface area contributed by atoms with Gasteiger partial charge >= 0.3 is 5.97 Å². The average molecular weight is 252 g/mol. The topological polar surface area (TPSA) is 76.0 Å². The highest BCUT2D eigenvalue weighted by atomic mass is 16.6. The molecule has 1 aromatic carbocycles. The van der Waals surface area contributed by atoms with Crippen LogP contribution < -0.4 is 0 Å². The van der Waals surface area contributed by atoms with Gasteiger partial charge in [-0.05, 0) is 19.1 Å². The maximum Gasteiger partial charge on any atom is 0.338 e. The van der Waals surface area contributed by atoms with Crippen molar-refractivity contribution in [2.75, 3.05) is 6.61 Å². The van der Waals surface area contributed by atoms with Crippen LogP contribution >= 0.6 is 0 Å². The molecule has 0 aliphatic carbocycles. The number of hydrogen-bond acceptors (Lipinski definition) is 5. The van der Waals surface area contributed by atoms with Crippen LogP contribution in [0.2, 0.25) is 0 Å². The van der Waals surface area contributed by atoms with Crippen molar-refractivity contribution in [2.45, 2.75) is 31.8 Å². The molecule has 0 saturated carbocycles. The molecule has 0 bridgehead atoms. The van der Waals surface area contributed by atoms with E-state index in [1.54, 1.807) is 12.1 Å². The minimum Gasteiger partial charge on any atom is -0.459 e. The summed E-state index contributed by atoms with van der Waals surface area (Å²) in [5, 5.41) is 18.4. The molecule has 0 unspecified atom stereocenters. The Bertz CT molecular complexity index is 404. The Morgan fingerprint density at radius 3 is 2.61 bits per heavy atom. The number of aliphatic hydroxyl groups is 2. The number of carbonyl (C=O) groups is 1. The van der Waals surface area contributed by atoms with E-state index in [0.29, 0.717) is 5.56 Å². The summed E-state index contributed by atoms with van der Waals surface area (Å²) in [5.41, 5.74) is 1.54. The zero-order chi connectivity index (χ0) is 13.1. The zero-order valence-electron chi connectivity index (χ0n) is 10.1. The molecule has 0 aromatic heterocycles. The van der Waals surface area contributed by atoms with Crippen molar-refractivity contribution in [1.82, 2.24) is 0 Å². The van der Waals surface area contributed by atoms with Crippen LogP contribution in [0.5, 0.6) is 0 Å². The summed E-state index contributed by atoms with van der Waals surface area (Å²) < 4.78 is 10.1. The van der Waals surface area contributed by atoms with Gasteiger partial charge in [-0.3, -0.25) is 0 Å². The van der Waals surface area contributed by atoms with Crippen LogP contribution in [0.1, 0.15) is 22.3 Å². The first-order chi connectivity index (χ1) is 8.56. The van der Waals surface area contributed by atoms with Gasteiger partial charge in [0, 0.05) is 6.42 Å². The van der Waals surface area contributed by atoms with E-state index in [9.17, 15) is 9.90 Å². The molecule has 0 spiro atoms. The average Bonchev–Trinajstić information content (AvgIpc) is 2.67. The summed E-state index contributed by atoms with van der Waals surface area (Å²) in [6.07, 6.45) is -2.28. The highest BCUT2D eigenvalue weighted by molar-refractivity contribution is 5.89. The summed E-state index contributed by atoms with van der Waals surface area (Å²) in [4.78, 5) is 11.7. The number of ether oxygens (including phenoxy) is 2. The first-order valence-electron chi connectivity index (χ1n) is 5.81. The molecule has 1 saturated heterocycles. The highest BCUT2D eigenvalue weighted by Gasteiger charge is 2.33.